The van der Waals surface area contributed by atoms with Crippen molar-refractivity contribution in [3.63, 3.8) is 0 Å². The van der Waals surface area contributed by atoms with Crippen LogP contribution in [0.3, 0.4) is 0 Å². The Morgan fingerprint density at radius 1 is 1.09 bits per heavy atom. The summed E-state index contributed by atoms with van der Waals surface area (Å²) in [6.07, 6.45) is 7.00. The van der Waals surface area contributed by atoms with Crippen molar-refractivity contribution in [3.05, 3.63) is 90.0 Å². The highest BCUT2D eigenvalue weighted by atomic mass is 16.8. The molecule has 2 heterocycles. The summed E-state index contributed by atoms with van der Waals surface area (Å²) >= 11 is 0. The molecule has 230 valence electrons. The molecular weight excluding hydrogens is 552 g/mol. The first kappa shape index (κ1) is 32.0. The Morgan fingerprint density at radius 3 is 2.58 bits per heavy atom. The maximum atomic E-state index is 13.6. The van der Waals surface area contributed by atoms with Crippen molar-refractivity contribution in [3.8, 4) is 11.5 Å². The van der Waals surface area contributed by atoms with E-state index in [1.54, 1.807) is 61.5 Å². The van der Waals surface area contributed by atoms with E-state index in [-0.39, 0.29) is 30.6 Å². The molecule has 0 aliphatic carbocycles. The van der Waals surface area contributed by atoms with E-state index in [9.17, 15) is 9.59 Å². The molecule has 0 bridgehead atoms. The number of hydrogen-bond donors (Lipinski definition) is 0. The van der Waals surface area contributed by atoms with Gasteiger partial charge in [-0.15, -0.1) is 0 Å². The van der Waals surface area contributed by atoms with Crippen LogP contribution in [-0.2, 0) is 23.7 Å². The summed E-state index contributed by atoms with van der Waals surface area (Å²) in [7, 11) is 1.50. The van der Waals surface area contributed by atoms with Crippen LogP contribution in [-0.4, -0.2) is 62.7 Å². The second-order valence-electron chi connectivity index (χ2n) is 10.9. The van der Waals surface area contributed by atoms with Crippen molar-refractivity contribution < 1.29 is 42.7 Å². The maximum Gasteiger partial charge on any atom is 0.342 e. The Kier molecular flexibility index (Phi) is 10.8. The van der Waals surface area contributed by atoms with Gasteiger partial charge in [-0.1, -0.05) is 56.0 Å². The summed E-state index contributed by atoms with van der Waals surface area (Å²) in [6, 6.07) is 12.2. The van der Waals surface area contributed by atoms with E-state index >= 15 is 0 Å². The minimum atomic E-state index is -0.912. The molecule has 9 nitrogen and oxygen atoms in total. The lowest BCUT2D eigenvalue weighted by Gasteiger charge is -2.25. The first-order valence-electron chi connectivity index (χ1n) is 14.3. The molecule has 1 saturated heterocycles. The van der Waals surface area contributed by atoms with Crippen LogP contribution in [0.15, 0.2) is 73.3 Å². The third kappa shape index (κ3) is 8.34. The van der Waals surface area contributed by atoms with Crippen molar-refractivity contribution in [2.24, 2.45) is 5.92 Å². The zero-order valence-electron chi connectivity index (χ0n) is 25.3. The van der Waals surface area contributed by atoms with E-state index < -0.39 is 42.1 Å². The molecule has 5 atom stereocenters. The van der Waals surface area contributed by atoms with Gasteiger partial charge < -0.3 is 33.2 Å². The number of methoxy groups -OCH3 is 1. The van der Waals surface area contributed by atoms with Gasteiger partial charge >= 0.3 is 11.9 Å². The Bertz CT molecular complexity index is 1330. The van der Waals surface area contributed by atoms with E-state index in [0.29, 0.717) is 23.3 Å². The number of rotatable bonds is 8. The summed E-state index contributed by atoms with van der Waals surface area (Å²) in [5.41, 5.74) is 1.21. The predicted molar refractivity (Wildman–Crippen MR) is 161 cm³/mol. The van der Waals surface area contributed by atoms with Crippen molar-refractivity contribution in [2.75, 3.05) is 20.5 Å². The van der Waals surface area contributed by atoms with E-state index in [2.05, 4.69) is 6.58 Å². The van der Waals surface area contributed by atoms with Gasteiger partial charge in [-0.05, 0) is 57.0 Å². The monoisotopic (exact) mass is 592 g/mol. The fraction of sp³-hybridized carbons (Fsp3) is 0.412. The van der Waals surface area contributed by atoms with Gasteiger partial charge in [0.2, 0.25) is 0 Å². The molecule has 2 aromatic rings. The van der Waals surface area contributed by atoms with E-state index in [4.69, 9.17) is 33.2 Å². The summed E-state index contributed by atoms with van der Waals surface area (Å²) in [5.74, 6) is -1.43. The highest BCUT2D eigenvalue weighted by Gasteiger charge is 2.45. The van der Waals surface area contributed by atoms with Crippen LogP contribution in [0.2, 0.25) is 0 Å². The van der Waals surface area contributed by atoms with Gasteiger partial charge in [-0.2, -0.15) is 0 Å². The largest absolute Gasteiger partial charge is 0.489 e. The number of carbonyl (C=O) groups is 2. The van der Waals surface area contributed by atoms with Gasteiger partial charge in [0, 0.05) is 19.1 Å². The first-order chi connectivity index (χ1) is 20.6. The molecular formula is C34H40O9. The average Bonchev–Trinajstić information content (AvgIpc) is 3.30. The minimum absolute atomic E-state index is 0.0733. The number of cyclic esters (lactones) is 1. The summed E-state index contributed by atoms with van der Waals surface area (Å²) in [4.78, 5) is 26.7. The van der Waals surface area contributed by atoms with Gasteiger partial charge in [0.05, 0.1) is 11.7 Å². The molecule has 0 N–H and O–H groups in total. The number of fused-ring (bicyclic) bond motifs is 2. The standard InChI is InChI=1S/C34H40O9/c1-7-18-38-26-19-25-14-11-15-28-31(43-34(4,5)42-28)27(41-32(35)24-12-9-8-10-13-24)17-16-22(2)23(3)40-33(36)30(25)29(20-26)39-21-37-6/h7-14,16-17,19-20,22-23,27-28,31H,1,15,18,21H2,2-6H3/b14-11+,17-16-/t22-,23+,27?,28+,31-/m1/s1. The molecule has 2 aromatic carbocycles. The second-order valence-corrected chi connectivity index (χ2v) is 10.9. The average molecular weight is 593 g/mol. The molecule has 1 unspecified atom stereocenters. The Balaban J connectivity index is 1.75. The lowest BCUT2D eigenvalue weighted by Crippen LogP contribution is -2.37. The number of hydrogen-bond acceptors (Lipinski definition) is 9. The van der Waals surface area contributed by atoms with Gasteiger partial charge in [0.15, 0.2) is 12.6 Å². The number of carbonyl (C=O) groups excluding carboxylic acids is 2. The van der Waals surface area contributed by atoms with E-state index in [0.717, 1.165) is 0 Å². The van der Waals surface area contributed by atoms with Crippen LogP contribution in [0.25, 0.3) is 6.08 Å². The van der Waals surface area contributed by atoms with Crippen LogP contribution in [0.1, 0.15) is 60.4 Å². The van der Waals surface area contributed by atoms with Crippen LogP contribution < -0.4 is 9.47 Å². The zero-order chi connectivity index (χ0) is 31.0. The number of esters is 2. The van der Waals surface area contributed by atoms with Crippen molar-refractivity contribution in [2.45, 2.75) is 64.3 Å². The maximum absolute atomic E-state index is 13.6. The smallest absolute Gasteiger partial charge is 0.342 e. The molecule has 0 saturated carbocycles. The Hall–Kier alpha value is -3.92. The predicted octanol–water partition coefficient (Wildman–Crippen LogP) is 6.13. The highest BCUT2D eigenvalue weighted by molar-refractivity contribution is 5.97. The molecule has 0 aromatic heterocycles. The summed E-state index contributed by atoms with van der Waals surface area (Å²) in [5, 5.41) is 0. The van der Waals surface area contributed by atoms with Crippen LogP contribution in [0, 0.1) is 5.92 Å². The lowest BCUT2D eigenvalue weighted by atomic mass is 9.98. The number of benzene rings is 2. The Labute approximate surface area is 253 Å². The molecule has 0 amide bonds. The third-order valence-corrected chi connectivity index (χ3v) is 7.11. The fourth-order valence-electron chi connectivity index (χ4n) is 4.85. The topological polar surface area (TPSA) is 98.8 Å². The van der Waals surface area contributed by atoms with Crippen molar-refractivity contribution in [1.82, 2.24) is 0 Å². The zero-order valence-corrected chi connectivity index (χ0v) is 25.3. The van der Waals surface area contributed by atoms with Crippen LogP contribution >= 0.6 is 0 Å². The fourth-order valence-corrected chi connectivity index (χ4v) is 4.85. The van der Waals surface area contributed by atoms with Crippen molar-refractivity contribution >= 4 is 18.0 Å². The van der Waals surface area contributed by atoms with E-state index in [1.807, 2.05) is 39.0 Å². The normalized spacial score (nSPS) is 26.5. The van der Waals surface area contributed by atoms with Crippen LogP contribution in [0.4, 0.5) is 0 Å². The molecule has 1 fully saturated rings. The first-order valence-corrected chi connectivity index (χ1v) is 14.3. The minimum Gasteiger partial charge on any atom is -0.489 e. The van der Waals surface area contributed by atoms with E-state index in [1.165, 1.54) is 7.11 Å². The van der Waals surface area contributed by atoms with Gasteiger partial charge in [-0.3, -0.25) is 0 Å². The molecule has 2 aliphatic heterocycles. The Morgan fingerprint density at radius 2 is 1.86 bits per heavy atom. The molecule has 9 heteroatoms. The van der Waals surface area contributed by atoms with Gasteiger partial charge in [0.1, 0.15) is 42.0 Å². The molecule has 0 spiro atoms. The molecule has 0 radical (unpaired) electrons. The second kappa shape index (κ2) is 14.5. The summed E-state index contributed by atoms with van der Waals surface area (Å²) in [6.45, 7) is 11.3. The SMILES string of the molecule is C=CCOc1cc2c(c(OCOC)c1)C(=O)O[C@@H](C)[C@H](C)/C=C\C(OC(=O)c1ccccc1)[C@H]1OC(C)(C)O[C@H]1C/C=C/2. The highest BCUT2D eigenvalue weighted by Crippen LogP contribution is 2.36. The molecule has 2 aliphatic rings. The van der Waals surface area contributed by atoms with Gasteiger partial charge in [-0.25, -0.2) is 9.59 Å². The number of ether oxygens (including phenoxy) is 7. The molecule has 43 heavy (non-hydrogen) atoms. The van der Waals surface area contributed by atoms with Crippen LogP contribution in [0.5, 0.6) is 11.5 Å². The third-order valence-electron chi connectivity index (χ3n) is 7.11. The lowest BCUT2D eigenvalue weighted by molar-refractivity contribution is -0.152. The van der Waals surface area contributed by atoms with Gasteiger partial charge in [0.25, 0.3) is 0 Å². The molecule has 4 rings (SSSR count). The quantitative estimate of drug-likeness (QED) is 0.204. The summed E-state index contributed by atoms with van der Waals surface area (Å²) < 4.78 is 41.2. The van der Waals surface area contributed by atoms with Crippen molar-refractivity contribution in [1.29, 1.82) is 0 Å².